The van der Waals surface area contributed by atoms with Crippen molar-refractivity contribution < 1.29 is 19.1 Å². The lowest BCUT2D eigenvalue weighted by Crippen LogP contribution is -2.23. The number of benzene rings is 3. The van der Waals surface area contributed by atoms with Gasteiger partial charge in [0, 0.05) is 14.3 Å². The van der Waals surface area contributed by atoms with Gasteiger partial charge in [-0.3, -0.25) is 4.79 Å². The second-order valence-corrected chi connectivity index (χ2v) is 7.89. The van der Waals surface area contributed by atoms with Crippen LogP contribution in [0.5, 0.6) is 5.75 Å². The Morgan fingerprint density at radius 3 is 2.31 bits per heavy atom. The number of carbonyl (C=O) groups excluding carboxylic acids is 2. The number of esters is 1. The van der Waals surface area contributed by atoms with Crippen LogP contribution in [0.4, 0.5) is 5.69 Å². The molecule has 0 saturated heterocycles. The summed E-state index contributed by atoms with van der Waals surface area (Å²) in [6.45, 7) is -0.651. The van der Waals surface area contributed by atoms with Crippen LogP contribution in [0.1, 0.15) is 0 Å². The van der Waals surface area contributed by atoms with Gasteiger partial charge in [0.05, 0.1) is 5.69 Å². The fourth-order valence-electron chi connectivity index (χ4n) is 2.32. The number of amides is 1. The van der Waals surface area contributed by atoms with Crippen molar-refractivity contribution in [2.24, 2.45) is 0 Å². The van der Waals surface area contributed by atoms with Crippen molar-refractivity contribution in [2.45, 2.75) is 9.79 Å². The molecule has 0 saturated carbocycles. The number of hydrogen-bond acceptors (Lipinski definition) is 5. The first-order valence-corrected chi connectivity index (χ1v) is 10.4. The van der Waals surface area contributed by atoms with Gasteiger partial charge in [0.25, 0.3) is 5.91 Å². The predicted octanol–water partition coefficient (Wildman–Crippen LogP) is 5.16. The molecule has 148 valence electrons. The highest BCUT2D eigenvalue weighted by molar-refractivity contribution is 9.10. The highest BCUT2D eigenvalue weighted by Crippen LogP contribution is 2.33. The summed E-state index contributed by atoms with van der Waals surface area (Å²) in [5, 5.41) is 2.78. The number of rotatable bonds is 8. The van der Waals surface area contributed by atoms with Crippen molar-refractivity contribution in [3.63, 3.8) is 0 Å². The first-order chi connectivity index (χ1) is 14.1. The highest BCUT2D eigenvalue weighted by Gasteiger charge is 2.11. The van der Waals surface area contributed by atoms with E-state index in [1.165, 1.54) is 0 Å². The lowest BCUT2D eigenvalue weighted by atomic mass is 10.3. The van der Waals surface area contributed by atoms with Crippen LogP contribution >= 0.6 is 27.7 Å². The van der Waals surface area contributed by atoms with Gasteiger partial charge in [-0.1, -0.05) is 58.0 Å². The Balaban J connectivity index is 1.48. The van der Waals surface area contributed by atoms with Crippen LogP contribution in [0, 0.1) is 0 Å². The van der Waals surface area contributed by atoms with Gasteiger partial charge in [-0.25, -0.2) is 4.79 Å². The molecule has 0 aromatic heterocycles. The van der Waals surface area contributed by atoms with Gasteiger partial charge in [0.15, 0.2) is 13.2 Å². The molecule has 3 aromatic carbocycles. The zero-order valence-electron chi connectivity index (χ0n) is 15.3. The Bertz CT molecular complexity index is 964. The molecule has 0 spiro atoms. The van der Waals surface area contributed by atoms with Crippen molar-refractivity contribution in [3.8, 4) is 5.75 Å². The molecule has 7 heteroatoms. The van der Waals surface area contributed by atoms with E-state index in [1.54, 1.807) is 36.0 Å². The van der Waals surface area contributed by atoms with Crippen molar-refractivity contribution in [1.82, 2.24) is 0 Å². The zero-order chi connectivity index (χ0) is 20.5. The quantitative estimate of drug-likeness (QED) is 0.459. The monoisotopic (exact) mass is 471 g/mol. The normalized spacial score (nSPS) is 10.2. The largest absolute Gasteiger partial charge is 0.482 e. The summed E-state index contributed by atoms with van der Waals surface area (Å²) >= 11 is 4.87. The average Bonchev–Trinajstić information content (AvgIpc) is 2.74. The third-order valence-corrected chi connectivity index (χ3v) is 5.28. The van der Waals surface area contributed by atoms with Crippen LogP contribution in [0.15, 0.2) is 93.1 Å². The lowest BCUT2D eigenvalue weighted by Gasteiger charge is -2.11. The number of hydrogen-bond donors (Lipinski definition) is 1. The third kappa shape index (κ3) is 6.96. The molecule has 29 heavy (non-hydrogen) atoms. The summed E-state index contributed by atoms with van der Waals surface area (Å²) < 4.78 is 11.2. The van der Waals surface area contributed by atoms with E-state index in [9.17, 15) is 9.59 Å². The van der Waals surface area contributed by atoms with Gasteiger partial charge < -0.3 is 14.8 Å². The minimum absolute atomic E-state index is 0.268. The van der Waals surface area contributed by atoms with Gasteiger partial charge in [0.1, 0.15) is 5.75 Å². The number of para-hydroxylation sites is 1. The summed E-state index contributed by atoms with van der Waals surface area (Å²) in [6.07, 6.45) is 0. The van der Waals surface area contributed by atoms with Crippen molar-refractivity contribution >= 4 is 45.3 Å². The van der Waals surface area contributed by atoms with Gasteiger partial charge in [0.2, 0.25) is 0 Å². The molecule has 0 aliphatic heterocycles. The summed E-state index contributed by atoms with van der Waals surface area (Å²) in [6, 6.07) is 24.4. The maximum Gasteiger partial charge on any atom is 0.344 e. The number of anilines is 1. The Morgan fingerprint density at radius 2 is 1.55 bits per heavy atom. The van der Waals surface area contributed by atoms with Gasteiger partial charge in [-0.15, -0.1) is 0 Å². The fourth-order valence-corrected chi connectivity index (χ4v) is 3.51. The first kappa shape index (κ1) is 21.0. The molecule has 1 amide bonds. The Morgan fingerprint density at radius 1 is 0.862 bits per heavy atom. The summed E-state index contributed by atoms with van der Waals surface area (Å²) in [7, 11) is 0. The third-order valence-electron chi connectivity index (χ3n) is 3.67. The molecule has 0 fully saturated rings. The molecule has 0 bridgehead atoms. The van der Waals surface area contributed by atoms with Crippen molar-refractivity contribution in [1.29, 1.82) is 0 Å². The SMILES string of the molecule is O=C(COC(=O)COc1ccc(Br)cc1)Nc1ccccc1Sc1ccccc1. The van der Waals surface area contributed by atoms with Gasteiger partial charge in [-0.05, 0) is 48.5 Å². The molecule has 0 aliphatic carbocycles. The Labute approximate surface area is 181 Å². The van der Waals surface area contributed by atoms with E-state index in [0.717, 1.165) is 14.3 Å². The van der Waals surface area contributed by atoms with E-state index in [4.69, 9.17) is 9.47 Å². The molecular weight excluding hydrogens is 454 g/mol. The minimum Gasteiger partial charge on any atom is -0.482 e. The Hall–Kier alpha value is -2.77. The maximum atomic E-state index is 12.2. The first-order valence-electron chi connectivity index (χ1n) is 8.76. The molecule has 0 radical (unpaired) electrons. The molecule has 3 aromatic rings. The van der Waals surface area contributed by atoms with E-state index < -0.39 is 11.9 Å². The summed E-state index contributed by atoms with van der Waals surface area (Å²) in [4.78, 5) is 26.0. The van der Waals surface area contributed by atoms with Crippen LogP contribution in [0.2, 0.25) is 0 Å². The topological polar surface area (TPSA) is 64.6 Å². The zero-order valence-corrected chi connectivity index (χ0v) is 17.7. The van der Waals surface area contributed by atoms with Crippen LogP contribution in [0.25, 0.3) is 0 Å². The van der Waals surface area contributed by atoms with Crippen LogP contribution in [-0.2, 0) is 14.3 Å². The average molecular weight is 472 g/mol. The summed E-state index contributed by atoms with van der Waals surface area (Å²) in [5.41, 5.74) is 0.661. The van der Waals surface area contributed by atoms with Gasteiger partial charge in [-0.2, -0.15) is 0 Å². The fraction of sp³-hybridized carbons (Fsp3) is 0.0909. The molecule has 1 N–H and O–H groups in total. The standard InChI is InChI=1S/C22H18BrNO4S/c23-16-10-12-17(13-11-16)27-15-22(26)28-14-21(25)24-19-8-4-5-9-20(19)29-18-6-2-1-3-7-18/h1-13H,14-15H2,(H,24,25). The second kappa shape index (κ2) is 10.7. The van der Waals surface area contributed by atoms with Crippen molar-refractivity contribution in [2.75, 3.05) is 18.5 Å². The van der Waals surface area contributed by atoms with Crippen LogP contribution in [-0.4, -0.2) is 25.1 Å². The molecule has 0 heterocycles. The second-order valence-electron chi connectivity index (χ2n) is 5.86. The van der Waals surface area contributed by atoms with E-state index >= 15 is 0 Å². The summed E-state index contributed by atoms with van der Waals surface area (Å²) in [5.74, 6) is -0.486. The predicted molar refractivity (Wildman–Crippen MR) is 116 cm³/mol. The van der Waals surface area contributed by atoms with Crippen LogP contribution in [0.3, 0.4) is 0 Å². The molecular formula is C22H18BrNO4S. The molecule has 3 rings (SSSR count). The number of carbonyl (C=O) groups is 2. The molecule has 0 atom stereocenters. The number of halogens is 1. The number of nitrogens with one attached hydrogen (secondary N) is 1. The molecule has 0 unspecified atom stereocenters. The van der Waals surface area contributed by atoms with Gasteiger partial charge >= 0.3 is 5.97 Å². The smallest absolute Gasteiger partial charge is 0.344 e. The highest BCUT2D eigenvalue weighted by atomic mass is 79.9. The van der Waals surface area contributed by atoms with E-state index in [0.29, 0.717) is 11.4 Å². The number of ether oxygens (including phenoxy) is 2. The van der Waals surface area contributed by atoms with Crippen LogP contribution < -0.4 is 10.1 Å². The molecule has 0 aliphatic rings. The lowest BCUT2D eigenvalue weighted by molar-refractivity contribution is -0.149. The Kier molecular flexibility index (Phi) is 7.72. The van der Waals surface area contributed by atoms with E-state index in [-0.39, 0.29) is 13.2 Å². The maximum absolute atomic E-state index is 12.2. The van der Waals surface area contributed by atoms with E-state index in [2.05, 4.69) is 21.2 Å². The van der Waals surface area contributed by atoms with Crippen molar-refractivity contribution in [3.05, 3.63) is 83.3 Å². The minimum atomic E-state index is -0.616. The molecule has 5 nitrogen and oxygen atoms in total. The van der Waals surface area contributed by atoms with E-state index in [1.807, 2.05) is 54.6 Å².